The number of rotatable bonds is 2. The van der Waals surface area contributed by atoms with Crippen LogP contribution in [0.15, 0.2) is 36.4 Å². The molecule has 1 aliphatic rings. The molecule has 8 heteroatoms. The molecule has 2 aromatic carbocycles. The standard InChI is InChI=1S/C17H13F3N4O/c18-12-6-11(7-13(19)8-12)17(20)3-4-24(9-17)16(25)10-1-2-14-15(5-10)22-23-21-14/h1-2,5-8H,3-4,9H2,(H,21,22,23)/t17-/m0/s1. The average molecular weight is 346 g/mol. The highest BCUT2D eigenvalue weighted by atomic mass is 19.1. The van der Waals surface area contributed by atoms with Gasteiger partial charge in [-0.1, -0.05) is 0 Å². The number of hydrogen-bond donors (Lipinski definition) is 1. The van der Waals surface area contributed by atoms with Gasteiger partial charge in [-0.15, -0.1) is 0 Å². The lowest BCUT2D eigenvalue weighted by atomic mass is 9.95. The Morgan fingerprint density at radius 3 is 2.56 bits per heavy atom. The van der Waals surface area contributed by atoms with Crippen molar-refractivity contribution in [3.63, 3.8) is 0 Å². The maximum Gasteiger partial charge on any atom is 0.254 e. The molecular weight excluding hydrogens is 333 g/mol. The number of amides is 1. The largest absolute Gasteiger partial charge is 0.335 e. The van der Waals surface area contributed by atoms with Crippen LogP contribution in [-0.2, 0) is 5.67 Å². The second kappa shape index (κ2) is 5.58. The fourth-order valence-corrected chi connectivity index (χ4v) is 3.15. The van der Waals surface area contributed by atoms with Crippen molar-refractivity contribution in [3.8, 4) is 0 Å². The molecule has 0 unspecified atom stereocenters. The summed E-state index contributed by atoms with van der Waals surface area (Å²) in [6.45, 7) is -0.101. The molecule has 1 aliphatic heterocycles. The summed E-state index contributed by atoms with van der Waals surface area (Å²) in [5.74, 6) is -2.04. The van der Waals surface area contributed by atoms with Crippen molar-refractivity contribution in [3.05, 3.63) is 59.2 Å². The van der Waals surface area contributed by atoms with Gasteiger partial charge in [0.05, 0.1) is 6.54 Å². The Morgan fingerprint density at radius 2 is 1.80 bits per heavy atom. The summed E-state index contributed by atoms with van der Waals surface area (Å²) in [6.07, 6.45) is -0.0200. The van der Waals surface area contributed by atoms with Crippen LogP contribution in [0.2, 0.25) is 0 Å². The highest BCUT2D eigenvalue weighted by molar-refractivity contribution is 5.97. The highest BCUT2D eigenvalue weighted by Gasteiger charge is 2.42. The van der Waals surface area contributed by atoms with Crippen molar-refractivity contribution in [2.45, 2.75) is 12.1 Å². The van der Waals surface area contributed by atoms with Gasteiger partial charge in [-0.25, -0.2) is 13.2 Å². The lowest BCUT2D eigenvalue weighted by Crippen LogP contribution is -2.32. The molecule has 1 fully saturated rings. The van der Waals surface area contributed by atoms with E-state index in [1.54, 1.807) is 18.2 Å². The van der Waals surface area contributed by atoms with Crippen LogP contribution < -0.4 is 0 Å². The van der Waals surface area contributed by atoms with E-state index in [4.69, 9.17) is 0 Å². The first-order chi connectivity index (χ1) is 11.9. The molecule has 4 rings (SSSR count). The summed E-state index contributed by atoms with van der Waals surface area (Å²) in [5.41, 5.74) is -0.559. The maximum absolute atomic E-state index is 15.2. The summed E-state index contributed by atoms with van der Waals surface area (Å²) in [7, 11) is 0. The third-order valence-electron chi connectivity index (χ3n) is 4.45. The molecular formula is C17H13F3N4O. The van der Waals surface area contributed by atoms with Crippen molar-refractivity contribution in [2.75, 3.05) is 13.1 Å². The van der Waals surface area contributed by atoms with E-state index < -0.39 is 17.3 Å². The summed E-state index contributed by atoms with van der Waals surface area (Å²) in [4.78, 5) is 14.0. The second-order valence-corrected chi connectivity index (χ2v) is 6.13. The van der Waals surface area contributed by atoms with Gasteiger partial charge in [0.2, 0.25) is 0 Å². The Labute approximate surface area is 140 Å². The molecule has 0 bridgehead atoms. The van der Waals surface area contributed by atoms with Gasteiger partial charge < -0.3 is 4.90 Å². The normalized spacial score (nSPS) is 20.4. The molecule has 1 amide bonds. The zero-order valence-corrected chi connectivity index (χ0v) is 13.0. The average Bonchev–Trinajstić information content (AvgIpc) is 3.20. The lowest BCUT2D eigenvalue weighted by molar-refractivity contribution is 0.0750. The van der Waals surface area contributed by atoms with Crippen LogP contribution in [0.5, 0.6) is 0 Å². The first-order valence-electron chi connectivity index (χ1n) is 7.70. The fraction of sp³-hybridized carbons (Fsp3) is 0.235. The number of benzene rings is 2. The van der Waals surface area contributed by atoms with Gasteiger partial charge in [0.25, 0.3) is 5.91 Å². The zero-order chi connectivity index (χ0) is 17.6. The molecule has 3 aromatic rings. The third kappa shape index (κ3) is 2.73. The van der Waals surface area contributed by atoms with E-state index >= 15 is 4.39 Å². The van der Waals surface area contributed by atoms with Gasteiger partial charge in [-0.05, 0) is 35.9 Å². The van der Waals surface area contributed by atoms with Crippen LogP contribution in [0.3, 0.4) is 0 Å². The number of carbonyl (C=O) groups excluding carboxylic acids is 1. The molecule has 1 aromatic heterocycles. The van der Waals surface area contributed by atoms with Gasteiger partial charge in [0.1, 0.15) is 22.7 Å². The number of aromatic amines is 1. The number of alkyl halides is 1. The van der Waals surface area contributed by atoms with E-state index in [0.717, 1.165) is 12.1 Å². The molecule has 128 valence electrons. The zero-order valence-electron chi connectivity index (χ0n) is 13.0. The minimum atomic E-state index is -1.98. The Morgan fingerprint density at radius 1 is 1.08 bits per heavy atom. The highest BCUT2D eigenvalue weighted by Crippen LogP contribution is 2.37. The van der Waals surface area contributed by atoms with Gasteiger partial charge in [-0.3, -0.25) is 4.79 Å². The Bertz CT molecular complexity index is 953. The van der Waals surface area contributed by atoms with Crippen molar-refractivity contribution in [1.29, 1.82) is 0 Å². The second-order valence-electron chi connectivity index (χ2n) is 6.13. The number of fused-ring (bicyclic) bond motifs is 1. The molecule has 2 heterocycles. The van der Waals surface area contributed by atoms with E-state index in [1.807, 2.05) is 0 Å². The van der Waals surface area contributed by atoms with E-state index in [9.17, 15) is 13.6 Å². The molecule has 0 spiro atoms. The number of H-pyrrole nitrogens is 1. The Kier molecular flexibility index (Phi) is 3.48. The molecule has 0 radical (unpaired) electrons. The predicted molar refractivity (Wildman–Crippen MR) is 83.6 cm³/mol. The summed E-state index contributed by atoms with van der Waals surface area (Å²) in [5, 5.41) is 10.3. The van der Waals surface area contributed by atoms with Crippen molar-refractivity contribution < 1.29 is 18.0 Å². The first kappa shape index (κ1) is 15.6. The molecule has 0 aliphatic carbocycles. The van der Waals surface area contributed by atoms with Crippen LogP contribution in [0.25, 0.3) is 11.0 Å². The van der Waals surface area contributed by atoms with E-state index in [0.29, 0.717) is 22.7 Å². The lowest BCUT2D eigenvalue weighted by Gasteiger charge is -2.21. The molecule has 25 heavy (non-hydrogen) atoms. The predicted octanol–water partition coefficient (Wildman–Crippen LogP) is 2.95. The monoisotopic (exact) mass is 346 g/mol. The Hall–Kier alpha value is -2.90. The molecule has 1 atom stereocenters. The maximum atomic E-state index is 15.2. The topological polar surface area (TPSA) is 61.9 Å². The van der Waals surface area contributed by atoms with Crippen molar-refractivity contribution >= 4 is 16.9 Å². The van der Waals surface area contributed by atoms with E-state index in [2.05, 4.69) is 15.4 Å². The summed E-state index contributed by atoms with van der Waals surface area (Å²) in [6, 6.07) is 7.44. The molecule has 0 saturated carbocycles. The fourth-order valence-electron chi connectivity index (χ4n) is 3.15. The minimum absolute atomic E-state index is 0.0200. The first-order valence-corrected chi connectivity index (χ1v) is 7.70. The van der Waals surface area contributed by atoms with Crippen molar-refractivity contribution in [1.82, 2.24) is 20.3 Å². The van der Waals surface area contributed by atoms with Gasteiger partial charge in [0, 0.05) is 24.6 Å². The third-order valence-corrected chi connectivity index (χ3v) is 4.45. The summed E-state index contributed by atoms with van der Waals surface area (Å²) >= 11 is 0. The van der Waals surface area contributed by atoms with Crippen LogP contribution in [0.4, 0.5) is 13.2 Å². The van der Waals surface area contributed by atoms with Crippen molar-refractivity contribution in [2.24, 2.45) is 0 Å². The number of aromatic nitrogens is 3. The number of nitrogens with zero attached hydrogens (tertiary/aromatic N) is 3. The van der Waals surface area contributed by atoms with E-state index in [1.165, 1.54) is 4.90 Å². The minimum Gasteiger partial charge on any atom is -0.335 e. The van der Waals surface area contributed by atoms with Crippen LogP contribution in [-0.4, -0.2) is 39.3 Å². The van der Waals surface area contributed by atoms with Gasteiger partial charge in [-0.2, -0.15) is 15.4 Å². The van der Waals surface area contributed by atoms with Gasteiger partial charge >= 0.3 is 0 Å². The van der Waals surface area contributed by atoms with Gasteiger partial charge in [0.15, 0.2) is 5.67 Å². The van der Waals surface area contributed by atoms with Crippen LogP contribution >= 0.6 is 0 Å². The number of carbonyl (C=O) groups is 1. The quantitative estimate of drug-likeness (QED) is 0.776. The number of halogens is 3. The SMILES string of the molecule is O=C(c1ccc2n[nH]nc2c1)N1CC[C@@](F)(c2cc(F)cc(F)c2)C1. The van der Waals surface area contributed by atoms with E-state index in [-0.39, 0.29) is 31.0 Å². The summed E-state index contributed by atoms with van der Waals surface area (Å²) < 4.78 is 42.0. The molecule has 5 nitrogen and oxygen atoms in total. The number of likely N-dealkylation sites (tertiary alicyclic amines) is 1. The Balaban J connectivity index is 1.59. The number of nitrogens with one attached hydrogen (secondary N) is 1. The molecule has 1 saturated heterocycles. The number of hydrogen-bond acceptors (Lipinski definition) is 3. The smallest absolute Gasteiger partial charge is 0.254 e. The molecule has 1 N–H and O–H groups in total. The van der Waals surface area contributed by atoms with Crippen LogP contribution in [0, 0.1) is 11.6 Å². The van der Waals surface area contributed by atoms with Crippen LogP contribution in [0.1, 0.15) is 22.3 Å².